The van der Waals surface area contributed by atoms with E-state index in [-0.39, 0.29) is 11.5 Å². The van der Waals surface area contributed by atoms with Crippen LogP contribution in [0.15, 0.2) is 34.9 Å². The number of nitrogens with one attached hydrogen (secondary N) is 1. The number of hydrogen-bond acceptors (Lipinski definition) is 4. The predicted octanol–water partition coefficient (Wildman–Crippen LogP) is 2.52. The third-order valence-corrected chi connectivity index (χ3v) is 5.54. The summed E-state index contributed by atoms with van der Waals surface area (Å²) in [4.78, 5) is 4.40. The minimum atomic E-state index is -2.91. The van der Waals surface area contributed by atoms with Crippen LogP contribution in [0.1, 0.15) is 12.5 Å². The molecule has 1 aromatic heterocycles. The lowest BCUT2D eigenvalue weighted by atomic mass is 10.1. The molecule has 4 nitrogen and oxygen atoms in total. The van der Waals surface area contributed by atoms with Crippen molar-refractivity contribution in [1.82, 2.24) is 10.3 Å². The number of aromatic nitrogens is 1. The van der Waals surface area contributed by atoms with Gasteiger partial charge in [-0.25, -0.2) is 8.42 Å². The van der Waals surface area contributed by atoms with Crippen LogP contribution in [-0.2, 0) is 16.4 Å². The molecule has 0 saturated heterocycles. The van der Waals surface area contributed by atoms with Crippen molar-refractivity contribution >= 4 is 36.7 Å². The molecule has 108 valence electrons. The summed E-state index contributed by atoms with van der Waals surface area (Å²) < 4.78 is 23.8. The molecular weight excluding hydrogens is 340 g/mol. The second-order valence-electron chi connectivity index (χ2n) is 4.52. The van der Waals surface area contributed by atoms with Gasteiger partial charge in [0.15, 0.2) is 9.84 Å². The van der Waals surface area contributed by atoms with Crippen molar-refractivity contribution in [2.75, 3.05) is 18.1 Å². The van der Waals surface area contributed by atoms with Crippen molar-refractivity contribution in [3.8, 4) is 0 Å². The zero-order valence-electron chi connectivity index (χ0n) is 11.3. The predicted molar refractivity (Wildman–Crippen MR) is 85.5 cm³/mol. The third kappa shape index (κ3) is 3.77. The zero-order chi connectivity index (χ0) is 14.6. The topological polar surface area (TPSA) is 59.1 Å². The van der Waals surface area contributed by atoms with E-state index in [1.165, 1.54) is 0 Å². The van der Waals surface area contributed by atoms with Crippen LogP contribution in [-0.4, -0.2) is 31.5 Å². The summed E-state index contributed by atoms with van der Waals surface area (Å²) in [6.45, 7) is 2.74. The summed E-state index contributed by atoms with van der Waals surface area (Å²) in [6, 6.07) is 7.90. The average Bonchev–Trinajstić information content (AvgIpc) is 2.46. The molecule has 6 heteroatoms. The van der Waals surface area contributed by atoms with E-state index in [1.807, 2.05) is 24.3 Å². The van der Waals surface area contributed by atoms with Gasteiger partial charge in [-0.2, -0.15) is 0 Å². The number of benzene rings is 1. The number of halogens is 1. The fraction of sp³-hybridized carbons (Fsp3) is 0.357. The second-order valence-corrected chi connectivity index (χ2v) is 7.85. The number of hydrogen-bond donors (Lipinski definition) is 1. The van der Waals surface area contributed by atoms with Gasteiger partial charge in [0.05, 0.1) is 11.3 Å². The molecule has 0 aliphatic rings. The largest absolute Gasteiger partial charge is 0.312 e. The highest BCUT2D eigenvalue weighted by molar-refractivity contribution is 9.10. The van der Waals surface area contributed by atoms with Crippen LogP contribution >= 0.6 is 15.9 Å². The van der Waals surface area contributed by atoms with E-state index in [0.717, 1.165) is 20.9 Å². The zero-order valence-corrected chi connectivity index (χ0v) is 13.7. The first-order chi connectivity index (χ1) is 9.53. The summed E-state index contributed by atoms with van der Waals surface area (Å²) in [5, 5.41) is 4.23. The molecule has 1 heterocycles. The summed E-state index contributed by atoms with van der Waals surface area (Å²) in [5.74, 6) is 0.364. The molecule has 0 radical (unpaired) electrons. The summed E-state index contributed by atoms with van der Waals surface area (Å²) in [7, 11) is -2.91. The number of fused-ring (bicyclic) bond motifs is 1. The van der Waals surface area contributed by atoms with Crippen LogP contribution in [0.2, 0.25) is 0 Å². The maximum absolute atomic E-state index is 11.4. The molecule has 1 aromatic carbocycles. The van der Waals surface area contributed by atoms with Gasteiger partial charge in [-0.15, -0.1) is 0 Å². The minimum Gasteiger partial charge on any atom is -0.312 e. The van der Waals surface area contributed by atoms with Crippen LogP contribution in [0.4, 0.5) is 0 Å². The van der Waals surface area contributed by atoms with E-state index in [4.69, 9.17) is 0 Å². The summed E-state index contributed by atoms with van der Waals surface area (Å²) in [6.07, 6.45) is 1.76. The molecule has 0 fully saturated rings. The van der Waals surface area contributed by atoms with Crippen molar-refractivity contribution in [2.24, 2.45) is 0 Å². The highest BCUT2D eigenvalue weighted by Crippen LogP contribution is 2.24. The van der Waals surface area contributed by atoms with Crippen molar-refractivity contribution in [1.29, 1.82) is 0 Å². The van der Waals surface area contributed by atoms with Gasteiger partial charge in [0.1, 0.15) is 0 Å². The standard InChI is InChI=1S/C14H17BrN2O2S/c1-2-20(18,19)9-8-16-10-11-5-6-13(15)12-4-3-7-17-14(11)12/h3-7,16H,2,8-10H2,1H3. The first-order valence-corrected chi connectivity index (χ1v) is 9.08. The van der Waals surface area contributed by atoms with Crippen LogP contribution in [0.5, 0.6) is 0 Å². The Morgan fingerprint density at radius 3 is 2.85 bits per heavy atom. The van der Waals surface area contributed by atoms with Gasteiger partial charge < -0.3 is 5.32 Å². The fourth-order valence-electron chi connectivity index (χ4n) is 1.93. The highest BCUT2D eigenvalue weighted by Gasteiger charge is 2.08. The third-order valence-electron chi connectivity index (χ3n) is 3.15. The fourth-order valence-corrected chi connectivity index (χ4v) is 3.13. The maximum Gasteiger partial charge on any atom is 0.151 e. The summed E-state index contributed by atoms with van der Waals surface area (Å²) >= 11 is 3.51. The van der Waals surface area contributed by atoms with E-state index in [0.29, 0.717) is 13.1 Å². The molecule has 20 heavy (non-hydrogen) atoms. The van der Waals surface area contributed by atoms with Gasteiger partial charge in [0.25, 0.3) is 0 Å². The summed E-state index contributed by atoms with van der Waals surface area (Å²) in [5.41, 5.74) is 2.01. The molecule has 0 amide bonds. The van der Waals surface area contributed by atoms with Crippen molar-refractivity contribution in [2.45, 2.75) is 13.5 Å². The first kappa shape index (κ1) is 15.4. The molecule has 0 bridgehead atoms. The van der Waals surface area contributed by atoms with Crippen LogP contribution < -0.4 is 5.32 Å². The van der Waals surface area contributed by atoms with Crippen LogP contribution in [0.3, 0.4) is 0 Å². The monoisotopic (exact) mass is 356 g/mol. The Hall–Kier alpha value is -0.980. The Morgan fingerprint density at radius 2 is 2.10 bits per heavy atom. The Bertz CT molecular complexity index is 701. The molecular formula is C14H17BrN2O2S. The second kappa shape index (κ2) is 6.65. The van der Waals surface area contributed by atoms with Gasteiger partial charge in [-0.1, -0.05) is 35.0 Å². The minimum absolute atomic E-state index is 0.172. The van der Waals surface area contributed by atoms with E-state index in [9.17, 15) is 8.42 Å². The lowest BCUT2D eigenvalue weighted by Gasteiger charge is -2.08. The molecule has 1 N–H and O–H groups in total. The van der Waals surface area contributed by atoms with Crippen molar-refractivity contribution in [3.63, 3.8) is 0 Å². The van der Waals surface area contributed by atoms with Gasteiger partial charge >= 0.3 is 0 Å². The SMILES string of the molecule is CCS(=O)(=O)CCNCc1ccc(Br)c2cccnc12. The Morgan fingerprint density at radius 1 is 1.30 bits per heavy atom. The van der Waals surface area contributed by atoms with Gasteiger partial charge in [0.2, 0.25) is 0 Å². The lowest BCUT2D eigenvalue weighted by Crippen LogP contribution is -2.23. The van der Waals surface area contributed by atoms with Gasteiger partial charge in [-0.3, -0.25) is 4.98 Å². The molecule has 0 saturated carbocycles. The van der Waals surface area contributed by atoms with Crippen molar-refractivity contribution in [3.05, 3.63) is 40.5 Å². The van der Waals surface area contributed by atoms with E-state index >= 15 is 0 Å². The number of rotatable bonds is 6. The van der Waals surface area contributed by atoms with Gasteiger partial charge in [-0.05, 0) is 17.7 Å². The quantitative estimate of drug-likeness (QED) is 0.808. The Labute approximate surface area is 127 Å². The molecule has 0 aliphatic heterocycles. The highest BCUT2D eigenvalue weighted by atomic mass is 79.9. The normalized spacial score (nSPS) is 11.9. The number of sulfone groups is 1. The van der Waals surface area contributed by atoms with Crippen molar-refractivity contribution < 1.29 is 8.42 Å². The molecule has 0 unspecified atom stereocenters. The van der Waals surface area contributed by atoms with E-state index in [2.05, 4.69) is 26.2 Å². The van der Waals surface area contributed by atoms with E-state index < -0.39 is 9.84 Å². The Kier molecular flexibility index (Phi) is 5.12. The first-order valence-electron chi connectivity index (χ1n) is 6.47. The molecule has 0 aliphatic carbocycles. The number of nitrogens with zero attached hydrogens (tertiary/aromatic N) is 1. The maximum atomic E-state index is 11.4. The molecule has 0 atom stereocenters. The van der Waals surface area contributed by atoms with E-state index in [1.54, 1.807) is 13.1 Å². The molecule has 2 rings (SSSR count). The Balaban J connectivity index is 2.06. The molecule has 0 spiro atoms. The smallest absolute Gasteiger partial charge is 0.151 e. The van der Waals surface area contributed by atoms with Crippen LogP contribution in [0.25, 0.3) is 10.9 Å². The van der Waals surface area contributed by atoms with Crippen LogP contribution in [0, 0.1) is 0 Å². The van der Waals surface area contributed by atoms with Gasteiger partial charge in [0, 0.05) is 34.9 Å². The molecule has 2 aromatic rings. The lowest BCUT2D eigenvalue weighted by molar-refractivity contribution is 0.592. The average molecular weight is 357 g/mol. The number of pyridine rings is 1.